The van der Waals surface area contributed by atoms with Crippen LogP contribution in [0, 0.1) is 5.82 Å². The van der Waals surface area contributed by atoms with E-state index >= 15 is 0 Å². The first-order valence-electron chi connectivity index (χ1n) is 10.2. The number of oxazole rings is 1. The number of nitrogens with zero attached hydrogens (tertiary/aromatic N) is 4. The van der Waals surface area contributed by atoms with Gasteiger partial charge in [-0.05, 0) is 43.2 Å². The van der Waals surface area contributed by atoms with Crippen molar-refractivity contribution in [2.75, 3.05) is 18.8 Å². The molecule has 6 nitrogen and oxygen atoms in total. The molecule has 0 bridgehead atoms. The number of thioether (sulfide) groups is 1. The van der Waals surface area contributed by atoms with E-state index in [1.807, 2.05) is 35.2 Å². The quantitative estimate of drug-likeness (QED) is 0.426. The third kappa shape index (κ3) is 4.20. The third-order valence-corrected chi connectivity index (χ3v) is 6.48. The summed E-state index contributed by atoms with van der Waals surface area (Å²) in [5, 5.41) is 0.667. The second-order valence-corrected chi connectivity index (χ2v) is 8.47. The number of rotatable bonds is 5. The third-order valence-electron chi connectivity index (χ3n) is 5.53. The lowest BCUT2D eigenvalue weighted by molar-refractivity contribution is -0.129. The Hall–Kier alpha value is -3.13. The summed E-state index contributed by atoms with van der Waals surface area (Å²) in [5.41, 5.74) is 2.37. The molecule has 8 heteroatoms. The zero-order valence-corrected chi connectivity index (χ0v) is 17.6. The molecule has 0 N–H and O–H groups in total. The first-order chi connectivity index (χ1) is 15.2. The van der Waals surface area contributed by atoms with Crippen LogP contribution in [0.5, 0.6) is 0 Å². The highest BCUT2D eigenvalue weighted by atomic mass is 32.2. The van der Waals surface area contributed by atoms with E-state index in [9.17, 15) is 9.18 Å². The van der Waals surface area contributed by atoms with Crippen molar-refractivity contribution >= 4 is 28.8 Å². The Balaban J connectivity index is 1.18. The second kappa shape index (κ2) is 8.55. The van der Waals surface area contributed by atoms with Gasteiger partial charge in [0, 0.05) is 31.4 Å². The second-order valence-electron chi connectivity index (χ2n) is 7.52. The maximum absolute atomic E-state index is 13.5. The average molecular weight is 437 g/mol. The molecule has 2 aromatic heterocycles. The SMILES string of the molecule is O=C(CSc1nccn1-c1cccc(F)c1)N1CCC(c2nc3ccccc3o2)CC1. The fraction of sp³-hybridized carbons (Fsp3) is 0.261. The van der Waals surface area contributed by atoms with Crippen LogP contribution in [0.4, 0.5) is 4.39 Å². The number of carbonyl (C=O) groups is 1. The summed E-state index contributed by atoms with van der Waals surface area (Å²) >= 11 is 1.36. The molecular weight excluding hydrogens is 415 g/mol. The van der Waals surface area contributed by atoms with Crippen LogP contribution in [-0.4, -0.2) is 44.2 Å². The molecule has 0 atom stereocenters. The fourth-order valence-corrected chi connectivity index (χ4v) is 4.75. The summed E-state index contributed by atoms with van der Waals surface area (Å²) in [5.74, 6) is 1.06. The number of hydrogen-bond acceptors (Lipinski definition) is 5. The number of carbonyl (C=O) groups excluding carboxylic acids is 1. The Morgan fingerprint density at radius 3 is 2.81 bits per heavy atom. The lowest BCUT2D eigenvalue weighted by Crippen LogP contribution is -2.39. The molecule has 2 aromatic carbocycles. The summed E-state index contributed by atoms with van der Waals surface area (Å²) in [6.07, 6.45) is 5.10. The van der Waals surface area contributed by atoms with E-state index in [1.165, 1.54) is 23.9 Å². The zero-order chi connectivity index (χ0) is 21.2. The van der Waals surface area contributed by atoms with Crippen LogP contribution < -0.4 is 0 Å². The number of aromatic nitrogens is 3. The molecule has 0 unspecified atom stereocenters. The van der Waals surface area contributed by atoms with Crippen molar-refractivity contribution in [2.45, 2.75) is 23.9 Å². The number of piperidine rings is 1. The van der Waals surface area contributed by atoms with E-state index in [1.54, 1.807) is 23.0 Å². The molecule has 1 aliphatic heterocycles. The Morgan fingerprint density at radius 2 is 2.00 bits per heavy atom. The predicted octanol–water partition coefficient (Wildman–Crippen LogP) is 4.65. The van der Waals surface area contributed by atoms with Crippen molar-refractivity contribution in [3.05, 3.63) is 72.6 Å². The van der Waals surface area contributed by atoms with Crippen molar-refractivity contribution in [3.63, 3.8) is 0 Å². The molecule has 0 aliphatic carbocycles. The molecule has 0 saturated carbocycles. The molecule has 1 fully saturated rings. The van der Waals surface area contributed by atoms with Crippen LogP contribution in [0.3, 0.4) is 0 Å². The van der Waals surface area contributed by atoms with Gasteiger partial charge in [0.25, 0.3) is 0 Å². The number of imidazole rings is 1. The molecule has 1 aliphatic rings. The Labute approximate surface area is 183 Å². The van der Waals surface area contributed by atoms with Crippen molar-refractivity contribution in [1.82, 2.24) is 19.4 Å². The van der Waals surface area contributed by atoms with E-state index in [0.717, 1.165) is 29.8 Å². The zero-order valence-electron chi connectivity index (χ0n) is 16.8. The van der Waals surface area contributed by atoms with Crippen LogP contribution in [0.25, 0.3) is 16.8 Å². The molecule has 3 heterocycles. The van der Waals surface area contributed by atoms with Gasteiger partial charge < -0.3 is 9.32 Å². The lowest BCUT2D eigenvalue weighted by Gasteiger charge is -2.30. The van der Waals surface area contributed by atoms with Crippen molar-refractivity contribution in [3.8, 4) is 5.69 Å². The van der Waals surface area contributed by atoms with Crippen LogP contribution >= 0.6 is 11.8 Å². The van der Waals surface area contributed by atoms with Gasteiger partial charge in [-0.25, -0.2) is 14.4 Å². The molecule has 4 aromatic rings. The number of amides is 1. The smallest absolute Gasteiger partial charge is 0.233 e. The molecule has 0 radical (unpaired) electrons. The van der Waals surface area contributed by atoms with Crippen LogP contribution in [0.1, 0.15) is 24.7 Å². The highest BCUT2D eigenvalue weighted by molar-refractivity contribution is 7.99. The largest absolute Gasteiger partial charge is 0.440 e. The van der Waals surface area contributed by atoms with E-state index in [-0.39, 0.29) is 17.6 Å². The van der Waals surface area contributed by atoms with Gasteiger partial charge in [0.2, 0.25) is 5.91 Å². The van der Waals surface area contributed by atoms with Gasteiger partial charge in [-0.1, -0.05) is 30.0 Å². The fourth-order valence-electron chi connectivity index (χ4n) is 3.88. The highest BCUT2D eigenvalue weighted by Crippen LogP contribution is 2.30. The minimum atomic E-state index is -0.306. The number of fused-ring (bicyclic) bond motifs is 1. The van der Waals surface area contributed by atoms with Gasteiger partial charge in [-0.2, -0.15) is 0 Å². The Morgan fingerprint density at radius 1 is 1.16 bits per heavy atom. The Kier molecular flexibility index (Phi) is 5.46. The summed E-state index contributed by atoms with van der Waals surface area (Å²) in [4.78, 5) is 23.6. The molecule has 1 amide bonds. The topological polar surface area (TPSA) is 64.2 Å². The van der Waals surface area contributed by atoms with Crippen LogP contribution in [0.2, 0.25) is 0 Å². The van der Waals surface area contributed by atoms with Gasteiger partial charge in [0.05, 0.1) is 11.4 Å². The summed E-state index contributed by atoms with van der Waals surface area (Å²) in [7, 11) is 0. The van der Waals surface area contributed by atoms with Gasteiger partial charge in [0.15, 0.2) is 16.6 Å². The van der Waals surface area contributed by atoms with Crippen molar-refractivity contribution in [1.29, 1.82) is 0 Å². The molecule has 0 spiro atoms. The number of halogens is 1. The minimum absolute atomic E-state index is 0.0785. The highest BCUT2D eigenvalue weighted by Gasteiger charge is 2.27. The van der Waals surface area contributed by atoms with Gasteiger partial charge in [-0.15, -0.1) is 0 Å². The maximum atomic E-state index is 13.5. The van der Waals surface area contributed by atoms with E-state index in [4.69, 9.17) is 4.42 Å². The number of hydrogen-bond donors (Lipinski definition) is 0. The summed E-state index contributed by atoms with van der Waals surface area (Å²) < 4.78 is 21.2. The lowest BCUT2D eigenvalue weighted by atomic mass is 9.97. The Bertz CT molecular complexity index is 1180. The number of likely N-dealkylation sites (tertiary alicyclic amines) is 1. The maximum Gasteiger partial charge on any atom is 0.233 e. The van der Waals surface area contributed by atoms with E-state index in [2.05, 4.69) is 9.97 Å². The molecule has 5 rings (SSSR count). The van der Waals surface area contributed by atoms with Gasteiger partial charge in [0.1, 0.15) is 11.3 Å². The minimum Gasteiger partial charge on any atom is -0.440 e. The number of para-hydroxylation sites is 2. The van der Waals surface area contributed by atoms with Gasteiger partial charge in [-0.3, -0.25) is 9.36 Å². The van der Waals surface area contributed by atoms with Gasteiger partial charge >= 0.3 is 0 Å². The number of benzene rings is 2. The van der Waals surface area contributed by atoms with Crippen LogP contribution in [0.15, 0.2) is 70.5 Å². The first kappa shape index (κ1) is 19.8. The standard InChI is InChI=1S/C23H21FN4O2S/c24-17-4-3-5-18(14-17)28-13-10-25-23(28)31-15-21(29)27-11-8-16(9-12-27)22-26-19-6-1-2-7-20(19)30-22/h1-7,10,13-14,16H,8-9,11-12,15H2. The molecule has 1 saturated heterocycles. The monoisotopic (exact) mass is 436 g/mol. The van der Waals surface area contributed by atoms with E-state index in [0.29, 0.717) is 29.7 Å². The van der Waals surface area contributed by atoms with Crippen molar-refractivity contribution < 1.29 is 13.6 Å². The first-order valence-corrected chi connectivity index (χ1v) is 11.2. The molecular formula is C23H21FN4O2S. The summed E-state index contributed by atoms with van der Waals surface area (Å²) in [6, 6.07) is 14.1. The van der Waals surface area contributed by atoms with E-state index < -0.39 is 0 Å². The predicted molar refractivity (Wildman–Crippen MR) is 117 cm³/mol. The molecule has 31 heavy (non-hydrogen) atoms. The summed E-state index contributed by atoms with van der Waals surface area (Å²) in [6.45, 7) is 1.36. The van der Waals surface area contributed by atoms with Crippen molar-refractivity contribution in [2.24, 2.45) is 0 Å². The van der Waals surface area contributed by atoms with Crippen LogP contribution in [-0.2, 0) is 4.79 Å². The normalized spacial score (nSPS) is 14.9. The average Bonchev–Trinajstić information content (AvgIpc) is 3.44. The molecule has 158 valence electrons.